The number of hydrogen-bond acceptors (Lipinski definition) is 2. The molecule has 82 valence electrons. The summed E-state index contributed by atoms with van der Waals surface area (Å²) >= 11 is 1.67. The van der Waals surface area contributed by atoms with Gasteiger partial charge in [0, 0.05) is 20.9 Å². The molecule has 1 nitrogen and oxygen atoms in total. The number of carbonyl (C=O) groups is 1. The van der Waals surface area contributed by atoms with Gasteiger partial charge in [-0.25, -0.2) is 0 Å². The molecule has 0 saturated carbocycles. The molecule has 0 spiro atoms. The van der Waals surface area contributed by atoms with Crippen molar-refractivity contribution in [2.24, 2.45) is 0 Å². The van der Waals surface area contributed by atoms with E-state index in [1.807, 2.05) is 51.1 Å². The summed E-state index contributed by atoms with van der Waals surface area (Å²) in [4.78, 5) is 14.5. The SMILES string of the molecule is Cc1ccc(C(=O)c2cc(C)sc2C)cc1. The molecule has 0 bridgehead atoms. The third-order valence-electron chi connectivity index (χ3n) is 2.60. The number of rotatable bonds is 2. The Morgan fingerprint density at radius 1 is 1.06 bits per heavy atom. The van der Waals surface area contributed by atoms with Crippen molar-refractivity contribution in [1.82, 2.24) is 0 Å². The van der Waals surface area contributed by atoms with Crippen LogP contribution in [0.3, 0.4) is 0 Å². The lowest BCUT2D eigenvalue weighted by Crippen LogP contribution is -2.00. The average molecular weight is 230 g/mol. The van der Waals surface area contributed by atoms with Gasteiger partial charge in [0.2, 0.25) is 0 Å². The summed E-state index contributed by atoms with van der Waals surface area (Å²) in [5, 5.41) is 0. The number of ketones is 1. The van der Waals surface area contributed by atoms with Crippen molar-refractivity contribution in [1.29, 1.82) is 0 Å². The Balaban J connectivity index is 2.39. The number of hydrogen-bond donors (Lipinski definition) is 0. The number of carbonyl (C=O) groups excluding carboxylic acids is 1. The number of thiophene rings is 1. The van der Waals surface area contributed by atoms with E-state index in [1.165, 1.54) is 10.4 Å². The molecule has 0 aliphatic heterocycles. The first-order valence-electron chi connectivity index (χ1n) is 5.26. The quantitative estimate of drug-likeness (QED) is 0.715. The number of benzene rings is 1. The molecule has 2 heteroatoms. The van der Waals surface area contributed by atoms with Crippen molar-refractivity contribution in [3.8, 4) is 0 Å². The maximum atomic E-state index is 12.2. The van der Waals surface area contributed by atoms with Crippen LogP contribution in [0.25, 0.3) is 0 Å². The standard InChI is InChI=1S/C14H14OS/c1-9-4-6-12(7-5-9)14(15)13-8-10(2)16-11(13)3/h4-8H,1-3H3. The van der Waals surface area contributed by atoms with Crippen molar-refractivity contribution in [3.63, 3.8) is 0 Å². The van der Waals surface area contributed by atoms with Gasteiger partial charge in [0.05, 0.1) is 0 Å². The van der Waals surface area contributed by atoms with Crippen molar-refractivity contribution < 1.29 is 4.79 Å². The summed E-state index contributed by atoms with van der Waals surface area (Å²) in [5.41, 5.74) is 2.78. The monoisotopic (exact) mass is 230 g/mol. The van der Waals surface area contributed by atoms with E-state index in [4.69, 9.17) is 0 Å². The fourth-order valence-corrected chi connectivity index (χ4v) is 2.64. The van der Waals surface area contributed by atoms with Gasteiger partial charge in [-0.05, 0) is 26.8 Å². The maximum absolute atomic E-state index is 12.2. The molecule has 0 fully saturated rings. The summed E-state index contributed by atoms with van der Waals surface area (Å²) in [6.07, 6.45) is 0. The van der Waals surface area contributed by atoms with E-state index < -0.39 is 0 Å². The van der Waals surface area contributed by atoms with Gasteiger partial charge in [0.15, 0.2) is 5.78 Å². The first-order chi connectivity index (χ1) is 7.58. The second-order valence-corrected chi connectivity index (χ2v) is 5.48. The van der Waals surface area contributed by atoms with Gasteiger partial charge in [-0.15, -0.1) is 11.3 Å². The maximum Gasteiger partial charge on any atom is 0.194 e. The third kappa shape index (κ3) is 2.07. The largest absolute Gasteiger partial charge is 0.289 e. The van der Waals surface area contributed by atoms with Crippen LogP contribution in [0.4, 0.5) is 0 Å². The molecule has 1 heterocycles. The summed E-state index contributed by atoms with van der Waals surface area (Å²) < 4.78 is 0. The highest BCUT2D eigenvalue weighted by molar-refractivity contribution is 7.12. The normalized spacial score (nSPS) is 10.4. The zero-order valence-electron chi connectivity index (χ0n) is 9.70. The van der Waals surface area contributed by atoms with Gasteiger partial charge >= 0.3 is 0 Å². The van der Waals surface area contributed by atoms with Crippen LogP contribution in [0.5, 0.6) is 0 Å². The van der Waals surface area contributed by atoms with E-state index in [2.05, 4.69) is 0 Å². The van der Waals surface area contributed by atoms with Crippen LogP contribution >= 0.6 is 11.3 Å². The Hall–Kier alpha value is -1.41. The predicted octanol–water partition coefficient (Wildman–Crippen LogP) is 3.90. The van der Waals surface area contributed by atoms with E-state index in [9.17, 15) is 4.79 Å². The van der Waals surface area contributed by atoms with Gasteiger partial charge in [0.1, 0.15) is 0 Å². The minimum absolute atomic E-state index is 0.127. The highest BCUT2D eigenvalue weighted by Crippen LogP contribution is 2.23. The van der Waals surface area contributed by atoms with Crippen LogP contribution in [0, 0.1) is 20.8 Å². The molecule has 0 atom stereocenters. The van der Waals surface area contributed by atoms with E-state index in [0.29, 0.717) is 0 Å². The fourth-order valence-electron chi connectivity index (χ4n) is 1.72. The molecule has 0 radical (unpaired) electrons. The Kier molecular flexibility index (Phi) is 2.92. The van der Waals surface area contributed by atoms with Crippen molar-refractivity contribution in [3.05, 3.63) is 56.8 Å². The molecule has 1 aromatic carbocycles. The van der Waals surface area contributed by atoms with Crippen LogP contribution in [0.2, 0.25) is 0 Å². The average Bonchev–Trinajstić information content (AvgIpc) is 2.58. The Bertz CT molecular complexity index is 520. The molecular weight excluding hydrogens is 216 g/mol. The van der Waals surface area contributed by atoms with E-state index in [-0.39, 0.29) is 5.78 Å². The first-order valence-corrected chi connectivity index (χ1v) is 6.08. The van der Waals surface area contributed by atoms with Gasteiger partial charge < -0.3 is 0 Å². The molecule has 16 heavy (non-hydrogen) atoms. The van der Waals surface area contributed by atoms with Gasteiger partial charge in [0.25, 0.3) is 0 Å². The highest BCUT2D eigenvalue weighted by Gasteiger charge is 2.13. The molecule has 0 unspecified atom stereocenters. The molecule has 0 N–H and O–H groups in total. The van der Waals surface area contributed by atoms with Crippen molar-refractivity contribution in [2.75, 3.05) is 0 Å². The second-order valence-electron chi connectivity index (χ2n) is 4.02. The lowest BCUT2D eigenvalue weighted by molar-refractivity contribution is 0.103. The van der Waals surface area contributed by atoms with Crippen LogP contribution in [-0.2, 0) is 0 Å². The highest BCUT2D eigenvalue weighted by atomic mass is 32.1. The summed E-state index contributed by atoms with van der Waals surface area (Å²) in [7, 11) is 0. The minimum atomic E-state index is 0.127. The Morgan fingerprint density at radius 2 is 1.69 bits per heavy atom. The smallest absolute Gasteiger partial charge is 0.194 e. The van der Waals surface area contributed by atoms with Crippen molar-refractivity contribution >= 4 is 17.1 Å². The third-order valence-corrected chi connectivity index (χ3v) is 3.57. The minimum Gasteiger partial charge on any atom is -0.289 e. The molecule has 0 aliphatic rings. The lowest BCUT2D eigenvalue weighted by atomic mass is 10.0. The van der Waals surface area contributed by atoms with Crippen molar-refractivity contribution in [2.45, 2.75) is 20.8 Å². The number of aryl methyl sites for hydroxylation is 3. The van der Waals surface area contributed by atoms with Crippen LogP contribution in [-0.4, -0.2) is 5.78 Å². The van der Waals surface area contributed by atoms with Gasteiger partial charge in [-0.3, -0.25) is 4.79 Å². The van der Waals surface area contributed by atoms with Crippen LogP contribution in [0.15, 0.2) is 30.3 Å². The van der Waals surface area contributed by atoms with E-state index in [1.54, 1.807) is 11.3 Å². The topological polar surface area (TPSA) is 17.1 Å². The summed E-state index contributed by atoms with van der Waals surface area (Å²) in [6.45, 7) is 6.05. The van der Waals surface area contributed by atoms with E-state index >= 15 is 0 Å². The van der Waals surface area contributed by atoms with Crippen LogP contribution < -0.4 is 0 Å². The Labute approximate surface area is 99.8 Å². The molecule has 0 aliphatic carbocycles. The van der Waals surface area contributed by atoms with E-state index in [0.717, 1.165) is 16.0 Å². The summed E-state index contributed by atoms with van der Waals surface area (Å²) in [6, 6.07) is 9.71. The summed E-state index contributed by atoms with van der Waals surface area (Å²) in [5.74, 6) is 0.127. The predicted molar refractivity (Wildman–Crippen MR) is 68.4 cm³/mol. The van der Waals surface area contributed by atoms with Gasteiger partial charge in [-0.2, -0.15) is 0 Å². The zero-order chi connectivity index (χ0) is 11.7. The first kappa shape index (κ1) is 11.1. The molecule has 2 aromatic rings. The Morgan fingerprint density at radius 3 is 2.19 bits per heavy atom. The van der Waals surface area contributed by atoms with Crippen LogP contribution in [0.1, 0.15) is 31.2 Å². The molecule has 2 rings (SSSR count). The molecule has 0 amide bonds. The zero-order valence-corrected chi connectivity index (χ0v) is 10.5. The van der Waals surface area contributed by atoms with Gasteiger partial charge in [-0.1, -0.05) is 29.8 Å². The molecule has 0 saturated heterocycles. The molecular formula is C14H14OS. The fraction of sp³-hybridized carbons (Fsp3) is 0.214. The lowest BCUT2D eigenvalue weighted by Gasteiger charge is -2.00. The second kappa shape index (κ2) is 4.22. The molecule has 1 aromatic heterocycles.